The van der Waals surface area contributed by atoms with Gasteiger partial charge in [0.15, 0.2) is 17.1 Å². The Kier molecular flexibility index (Phi) is 4.31. The fourth-order valence-electron chi connectivity index (χ4n) is 7.12. The van der Waals surface area contributed by atoms with Gasteiger partial charge < -0.3 is 20.1 Å². The Balaban J connectivity index is 1.93. The number of carboxylic acids is 1. The molecule has 164 valence electrons. The number of fused-ring (bicyclic) bond motifs is 5. The number of aldehydes is 1. The first kappa shape index (κ1) is 21.3. The minimum absolute atomic E-state index is 0.136. The highest BCUT2D eigenvalue weighted by Gasteiger charge is 2.76. The molecule has 0 saturated heterocycles. The number of hydrogen-bond donors (Lipinski definition) is 3. The lowest BCUT2D eigenvalue weighted by atomic mass is 9.45. The van der Waals surface area contributed by atoms with Crippen molar-refractivity contribution in [2.24, 2.45) is 34.5 Å². The molecule has 0 radical (unpaired) electrons. The number of ketones is 1. The van der Waals surface area contributed by atoms with Crippen molar-refractivity contribution in [2.75, 3.05) is 0 Å². The Bertz CT molecular complexity index is 913. The Morgan fingerprint density at radius 1 is 1.30 bits per heavy atom. The number of hydrogen-bond acceptors (Lipinski definition) is 5. The Morgan fingerprint density at radius 2 is 1.93 bits per heavy atom. The van der Waals surface area contributed by atoms with E-state index in [0.717, 1.165) is 12.2 Å². The quantitative estimate of drug-likeness (QED) is 0.463. The van der Waals surface area contributed by atoms with Gasteiger partial charge in [0.05, 0.1) is 12.0 Å². The lowest BCUT2D eigenvalue weighted by Gasteiger charge is -2.61. The monoisotopic (exact) mass is 424 g/mol. The number of aliphatic carboxylic acids is 1. The van der Waals surface area contributed by atoms with Crippen molar-refractivity contribution in [3.63, 3.8) is 0 Å². The maximum Gasteiger partial charge on any atom is 0.336 e. The van der Waals surface area contributed by atoms with Crippen LogP contribution in [0.5, 0.6) is 0 Å². The summed E-state index contributed by atoms with van der Waals surface area (Å²) in [6.07, 6.45) is 0.195. The molecular formula is C22H26F2O6. The van der Waals surface area contributed by atoms with Crippen molar-refractivity contribution in [1.29, 1.82) is 0 Å². The Labute approximate surface area is 172 Å². The third-order valence-corrected chi connectivity index (χ3v) is 8.82. The van der Waals surface area contributed by atoms with E-state index in [9.17, 15) is 29.7 Å². The average molecular weight is 424 g/mol. The fraction of sp³-hybridized carbons (Fsp3) is 0.682. The highest BCUT2D eigenvalue weighted by atomic mass is 19.1. The lowest BCUT2D eigenvalue weighted by molar-refractivity contribution is -0.221. The summed E-state index contributed by atoms with van der Waals surface area (Å²) < 4.78 is 32.2. The molecule has 0 bridgehead atoms. The normalized spacial score (nSPS) is 52.5. The summed E-state index contributed by atoms with van der Waals surface area (Å²) in [6.45, 7) is 4.48. The Hall–Kier alpha value is -1.93. The number of carbonyl (C=O) groups is 3. The minimum Gasteiger partial charge on any atom is -0.479 e. The van der Waals surface area contributed by atoms with Crippen LogP contribution in [0.15, 0.2) is 23.6 Å². The maximum absolute atomic E-state index is 17.0. The second-order valence-corrected chi connectivity index (χ2v) is 10.00. The molecule has 9 unspecified atom stereocenters. The topological polar surface area (TPSA) is 112 Å². The van der Waals surface area contributed by atoms with Gasteiger partial charge in [-0.25, -0.2) is 13.6 Å². The van der Waals surface area contributed by atoms with E-state index < -0.39 is 69.5 Å². The summed E-state index contributed by atoms with van der Waals surface area (Å²) in [7, 11) is 0. The fourth-order valence-corrected chi connectivity index (χ4v) is 7.12. The molecule has 8 heteroatoms. The zero-order valence-corrected chi connectivity index (χ0v) is 17.1. The van der Waals surface area contributed by atoms with Crippen molar-refractivity contribution in [3.8, 4) is 0 Å². The number of aliphatic hydroxyl groups excluding tert-OH is 1. The van der Waals surface area contributed by atoms with Gasteiger partial charge in [-0.1, -0.05) is 20.8 Å². The molecule has 2 saturated carbocycles. The van der Waals surface area contributed by atoms with Crippen molar-refractivity contribution in [3.05, 3.63) is 23.6 Å². The van der Waals surface area contributed by atoms with Gasteiger partial charge in [0.1, 0.15) is 12.1 Å². The molecule has 2 fully saturated rings. The molecule has 0 aromatic heterocycles. The van der Waals surface area contributed by atoms with Crippen LogP contribution in [0.4, 0.5) is 8.78 Å². The summed E-state index contributed by atoms with van der Waals surface area (Å²) >= 11 is 0. The molecule has 4 aliphatic carbocycles. The van der Waals surface area contributed by atoms with E-state index in [0.29, 0.717) is 6.29 Å². The summed E-state index contributed by atoms with van der Waals surface area (Å²) in [5.74, 6) is -6.71. The van der Waals surface area contributed by atoms with Crippen LogP contribution in [0.2, 0.25) is 0 Å². The van der Waals surface area contributed by atoms with Gasteiger partial charge in [-0.2, -0.15) is 0 Å². The maximum atomic E-state index is 17.0. The van der Waals surface area contributed by atoms with Crippen LogP contribution in [0, 0.1) is 34.5 Å². The number of allylic oxidation sites excluding steroid dienone is 4. The summed E-state index contributed by atoms with van der Waals surface area (Å²) in [6, 6.07) is 0. The van der Waals surface area contributed by atoms with E-state index in [1.54, 1.807) is 6.92 Å². The number of carboxylic acid groups (broad SMARTS) is 1. The molecule has 6 nitrogen and oxygen atoms in total. The molecule has 3 N–H and O–H groups in total. The average Bonchev–Trinajstić information content (AvgIpc) is 2.87. The van der Waals surface area contributed by atoms with Gasteiger partial charge >= 0.3 is 5.97 Å². The number of alkyl halides is 1. The van der Waals surface area contributed by atoms with Crippen LogP contribution < -0.4 is 0 Å². The molecule has 0 aromatic carbocycles. The lowest BCUT2D eigenvalue weighted by Crippen LogP contribution is -2.69. The molecule has 0 aromatic rings. The van der Waals surface area contributed by atoms with Crippen LogP contribution in [-0.4, -0.2) is 50.7 Å². The van der Waals surface area contributed by atoms with Crippen LogP contribution in [0.3, 0.4) is 0 Å². The molecule has 30 heavy (non-hydrogen) atoms. The van der Waals surface area contributed by atoms with Gasteiger partial charge in [-0.15, -0.1) is 0 Å². The second-order valence-electron chi connectivity index (χ2n) is 10.00. The van der Waals surface area contributed by atoms with E-state index in [1.807, 2.05) is 0 Å². The van der Waals surface area contributed by atoms with E-state index >= 15 is 8.78 Å². The highest BCUT2D eigenvalue weighted by molar-refractivity contribution is 6.03. The van der Waals surface area contributed by atoms with Gasteiger partial charge in [0.25, 0.3) is 0 Å². The molecule has 9 atom stereocenters. The predicted octanol–water partition coefficient (Wildman–Crippen LogP) is 2.14. The van der Waals surface area contributed by atoms with E-state index in [4.69, 9.17) is 0 Å². The van der Waals surface area contributed by atoms with Crippen molar-refractivity contribution >= 4 is 18.0 Å². The number of halogens is 2. The largest absolute Gasteiger partial charge is 0.479 e. The first-order valence-corrected chi connectivity index (χ1v) is 10.2. The molecular weight excluding hydrogens is 398 g/mol. The van der Waals surface area contributed by atoms with Crippen LogP contribution >= 0.6 is 0 Å². The number of aliphatic hydroxyl groups is 2. The second kappa shape index (κ2) is 6.07. The van der Waals surface area contributed by atoms with Crippen molar-refractivity contribution < 1.29 is 38.5 Å². The predicted molar refractivity (Wildman–Crippen MR) is 100 cm³/mol. The van der Waals surface area contributed by atoms with E-state index in [2.05, 4.69) is 0 Å². The summed E-state index contributed by atoms with van der Waals surface area (Å²) in [5.41, 5.74) is -7.84. The van der Waals surface area contributed by atoms with Crippen molar-refractivity contribution in [1.82, 2.24) is 0 Å². The van der Waals surface area contributed by atoms with Gasteiger partial charge in [0, 0.05) is 22.3 Å². The van der Waals surface area contributed by atoms with Crippen LogP contribution in [0.25, 0.3) is 0 Å². The third-order valence-electron chi connectivity index (χ3n) is 8.82. The first-order valence-electron chi connectivity index (χ1n) is 10.2. The molecule has 0 spiro atoms. The van der Waals surface area contributed by atoms with Crippen molar-refractivity contribution in [2.45, 2.75) is 57.4 Å². The Morgan fingerprint density at radius 3 is 2.50 bits per heavy atom. The van der Waals surface area contributed by atoms with Gasteiger partial charge in [-0.3, -0.25) is 4.79 Å². The van der Waals surface area contributed by atoms with Gasteiger partial charge in [-0.05, 0) is 43.3 Å². The van der Waals surface area contributed by atoms with E-state index in [1.165, 1.54) is 13.8 Å². The smallest absolute Gasteiger partial charge is 0.336 e. The van der Waals surface area contributed by atoms with Gasteiger partial charge in [0.2, 0.25) is 0 Å². The SMILES string of the molecule is CC1CC2C3C=C(F)C4=CC(=O)C(C=O)CC4(C)C3(F)C(O)CC2(C)C1(O)C(=O)O. The van der Waals surface area contributed by atoms with Crippen LogP contribution in [0.1, 0.15) is 40.0 Å². The third kappa shape index (κ3) is 2.11. The zero-order valence-electron chi connectivity index (χ0n) is 17.1. The molecule has 4 aliphatic rings. The highest BCUT2D eigenvalue weighted by Crippen LogP contribution is 2.70. The molecule has 0 heterocycles. The van der Waals surface area contributed by atoms with E-state index in [-0.39, 0.29) is 24.8 Å². The summed E-state index contributed by atoms with van der Waals surface area (Å²) in [5, 5.41) is 32.0. The zero-order chi connectivity index (χ0) is 22.4. The molecule has 0 amide bonds. The van der Waals surface area contributed by atoms with Crippen LogP contribution in [-0.2, 0) is 14.4 Å². The number of carbonyl (C=O) groups excluding carboxylic acids is 2. The first-order chi connectivity index (χ1) is 13.8. The molecule has 0 aliphatic heterocycles. The minimum atomic E-state index is -2.43. The summed E-state index contributed by atoms with van der Waals surface area (Å²) in [4.78, 5) is 35.6. The molecule has 4 rings (SSSR count). The number of rotatable bonds is 2. The standard InChI is InChI=1S/C22H26F2O6/c1-10-4-12-13-5-15(23)14-6-16(26)11(9-25)7-19(14,2)21(13,24)17(27)8-20(12,3)22(10,30)18(28)29/h5-6,9-13,17,27,30H,4,7-8H2,1-3H3,(H,28,29).